The molecule has 0 atom stereocenters. The number of nitrogens with one attached hydrogen (secondary N) is 1. The normalized spacial score (nSPS) is 9.71. The summed E-state index contributed by atoms with van der Waals surface area (Å²) in [6, 6.07) is 4.95. The molecule has 1 aromatic carbocycles. The van der Waals surface area contributed by atoms with Crippen LogP contribution >= 0.6 is 23.2 Å². The summed E-state index contributed by atoms with van der Waals surface area (Å²) < 4.78 is 9.61. The Morgan fingerprint density at radius 1 is 1.14 bits per heavy atom. The fourth-order valence-corrected chi connectivity index (χ4v) is 1.74. The molecule has 114 valence electrons. The molecule has 5 nitrogen and oxygen atoms in total. The van der Waals surface area contributed by atoms with Crippen molar-refractivity contribution >= 4 is 40.8 Å². The Kier molecular flexibility index (Phi) is 7.05. The van der Waals surface area contributed by atoms with Gasteiger partial charge in [-0.25, -0.2) is 9.59 Å². The quantitative estimate of drug-likeness (QED) is 0.374. The third-order valence-corrected chi connectivity index (χ3v) is 3.13. The van der Waals surface area contributed by atoms with Crippen LogP contribution < -0.4 is 5.32 Å². The maximum absolute atomic E-state index is 11.7. The molecule has 0 aliphatic carbocycles. The van der Waals surface area contributed by atoms with Crippen LogP contribution in [0.2, 0.25) is 10.0 Å². The van der Waals surface area contributed by atoms with Gasteiger partial charge in [-0.05, 0) is 26.0 Å². The van der Waals surface area contributed by atoms with E-state index in [1.807, 2.05) is 0 Å². The molecule has 0 saturated carbocycles. The third-order valence-electron chi connectivity index (χ3n) is 2.31. The van der Waals surface area contributed by atoms with E-state index in [1.54, 1.807) is 32.0 Å². The van der Waals surface area contributed by atoms with Crippen molar-refractivity contribution in [2.75, 3.05) is 18.5 Å². The highest BCUT2D eigenvalue weighted by Crippen LogP contribution is 2.29. The molecule has 1 N–H and O–H groups in total. The van der Waals surface area contributed by atoms with Crippen LogP contribution in [0.1, 0.15) is 13.8 Å². The van der Waals surface area contributed by atoms with Crippen molar-refractivity contribution in [3.8, 4) is 0 Å². The van der Waals surface area contributed by atoms with E-state index in [1.165, 1.54) is 6.20 Å². The Morgan fingerprint density at radius 3 is 2.24 bits per heavy atom. The summed E-state index contributed by atoms with van der Waals surface area (Å²) in [5.74, 6) is -1.55. The summed E-state index contributed by atoms with van der Waals surface area (Å²) in [6.45, 7) is 3.57. The van der Waals surface area contributed by atoms with Crippen LogP contribution in [-0.4, -0.2) is 25.2 Å². The van der Waals surface area contributed by atoms with Crippen LogP contribution in [0.25, 0.3) is 0 Å². The van der Waals surface area contributed by atoms with Gasteiger partial charge in [-0.1, -0.05) is 29.3 Å². The first kappa shape index (κ1) is 17.3. The molecule has 21 heavy (non-hydrogen) atoms. The van der Waals surface area contributed by atoms with Gasteiger partial charge in [0.15, 0.2) is 5.57 Å². The average Bonchev–Trinajstić information content (AvgIpc) is 2.44. The molecule has 0 saturated heterocycles. The molecule has 0 aliphatic rings. The molecule has 0 aliphatic heterocycles. The Bertz CT molecular complexity index is 538. The molecule has 1 rings (SSSR count). The van der Waals surface area contributed by atoms with Crippen LogP contribution in [-0.2, 0) is 19.1 Å². The maximum atomic E-state index is 11.7. The van der Waals surface area contributed by atoms with Crippen molar-refractivity contribution < 1.29 is 19.1 Å². The molecular weight excluding hydrogens is 317 g/mol. The number of hydrogen-bond acceptors (Lipinski definition) is 5. The number of halogens is 2. The Labute approximate surface area is 132 Å². The lowest BCUT2D eigenvalue weighted by molar-refractivity contribution is -0.146. The highest BCUT2D eigenvalue weighted by atomic mass is 35.5. The van der Waals surface area contributed by atoms with Gasteiger partial charge < -0.3 is 14.8 Å². The molecule has 0 aromatic heterocycles. The molecular formula is C14H15Cl2NO4. The molecule has 0 bridgehead atoms. The van der Waals surface area contributed by atoms with Crippen LogP contribution in [0.3, 0.4) is 0 Å². The zero-order chi connectivity index (χ0) is 15.8. The fraction of sp³-hybridized carbons (Fsp3) is 0.286. The second-order valence-corrected chi connectivity index (χ2v) is 4.53. The predicted octanol–water partition coefficient (Wildman–Crippen LogP) is 3.42. The molecule has 7 heteroatoms. The number of carbonyl (C=O) groups is 2. The first-order valence-electron chi connectivity index (χ1n) is 6.26. The number of hydrogen-bond donors (Lipinski definition) is 1. The lowest BCUT2D eigenvalue weighted by Gasteiger charge is -2.09. The molecule has 0 fully saturated rings. The van der Waals surface area contributed by atoms with E-state index in [0.29, 0.717) is 10.7 Å². The molecule has 0 unspecified atom stereocenters. The van der Waals surface area contributed by atoms with E-state index < -0.39 is 11.9 Å². The van der Waals surface area contributed by atoms with Crippen LogP contribution in [0.15, 0.2) is 30.0 Å². The minimum absolute atomic E-state index is 0.146. The summed E-state index contributed by atoms with van der Waals surface area (Å²) in [4.78, 5) is 23.5. The topological polar surface area (TPSA) is 64.6 Å². The zero-order valence-electron chi connectivity index (χ0n) is 11.6. The first-order chi connectivity index (χ1) is 10.0. The molecule has 1 aromatic rings. The van der Waals surface area contributed by atoms with E-state index >= 15 is 0 Å². The van der Waals surface area contributed by atoms with Gasteiger partial charge in [-0.2, -0.15) is 0 Å². The monoisotopic (exact) mass is 331 g/mol. The van der Waals surface area contributed by atoms with Crippen LogP contribution in [0.5, 0.6) is 0 Å². The number of benzene rings is 1. The van der Waals surface area contributed by atoms with Gasteiger partial charge in [0, 0.05) is 6.20 Å². The molecule has 0 spiro atoms. The zero-order valence-corrected chi connectivity index (χ0v) is 13.1. The van der Waals surface area contributed by atoms with Gasteiger partial charge in [0.1, 0.15) is 0 Å². The Morgan fingerprint density at radius 2 is 1.71 bits per heavy atom. The summed E-state index contributed by atoms with van der Waals surface area (Å²) in [5.41, 5.74) is 0.199. The maximum Gasteiger partial charge on any atom is 0.347 e. The number of esters is 2. The van der Waals surface area contributed by atoms with Crippen molar-refractivity contribution in [1.82, 2.24) is 0 Å². The second kappa shape index (κ2) is 8.54. The standard InChI is InChI=1S/C14H15Cl2NO4/c1-3-20-13(18)9(14(19)21-4-2)8-17-11-7-5-6-10(15)12(11)16/h5-8,17H,3-4H2,1-2H3. The smallest absolute Gasteiger partial charge is 0.347 e. The van der Waals surface area contributed by atoms with Crippen molar-refractivity contribution in [1.29, 1.82) is 0 Å². The summed E-state index contributed by atoms with van der Waals surface area (Å²) in [7, 11) is 0. The van der Waals surface area contributed by atoms with Gasteiger partial charge in [-0.3, -0.25) is 0 Å². The van der Waals surface area contributed by atoms with Gasteiger partial charge in [-0.15, -0.1) is 0 Å². The van der Waals surface area contributed by atoms with Crippen molar-refractivity contribution in [3.63, 3.8) is 0 Å². The Hall–Kier alpha value is -1.72. The van der Waals surface area contributed by atoms with Gasteiger partial charge in [0.2, 0.25) is 0 Å². The van der Waals surface area contributed by atoms with E-state index in [9.17, 15) is 9.59 Å². The van der Waals surface area contributed by atoms with Gasteiger partial charge >= 0.3 is 11.9 Å². The SMILES string of the molecule is CCOC(=O)C(=CNc1cccc(Cl)c1Cl)C(=O)OCC. The van der Waals surface area contributed by atoms with E-state index in [-0.39, 0.29) is 23.8 Å². The fourth-order valence-electron chi connectivity index (χ4n) is 1.38. The number of anilines is 1. The Balaban J connectivity index is 2.99. The van der Waals surface area contributed by atoms with Crippen LogP contribution in [0, 0.1) is 0 Å². The van der Waals surface area contributed by atoms with Crippen molar-refractivity contribution in [2.45, 2.75) is 13.8 Å². The highest BCUT2D eigenvalue weighted by Gasteiger charge is 2.21. The molecule has 0 heterocycles. The predicted molar refractivity (Wildman–Crippen MR) is 81.4 cm³/mol. The summed E-state index contributed by atoms with van der Waals surface area (Å²) in [6.07, 6.45) is 1.19. The van der Waals surface area contributed by atoms with E-state index in [2.05, 4.69) is 5.32 Å². The summed E-state index contributed by atoms with van der Waals surface area (Å²) in [5, 5.41) is 3.38. The van der Waals surface area contributed by atoms with E-state index in [4.69, 9.17) is 32.7 Å². The average molecular weight is 332 g/mol. The highest BCUT2D eigenvalue weighted by molar-refractivity contribution is 6.43. The molecule has 0 radical (unpaired) electrons. The lowest BCUT2D eigenvalue weighted by Crippen LogP contribution is -2.19. The second-order valence-electron chi connectivity index (χ2n) is 3.74. The van der Waals surface area contributed by atoms with Crippen molar-refractivity contribution in [2.24, 2.45) is 0 Å². The third kappa shape index (κ3) is 4.95. The number of rotatable bonds is 6. The minimum atomic E-state index is -0.776. The van der Waals surface area contributed by atoms with Crippen LogP contribution in [0.4, 0.5) is 5.69 Å². The lowest BCUT2D eigenvalue weighted by atomic mass is 10.2. The van der Waals surface area contributed by atoms with Gasteiger partial charge in [0.25, 0.3) is 0 Å². The number of carbonyl (C=O) groups excluding carboxylic acids is 2. The molecule has 0 amide bonds. The first-order valence-corrected chi connectivity index (χ1v) is 7.01. The van der Waals surface area contributed by atoms with Crippen molar-refractivity contribution in [3.05, 3.63) is 40.0 Å². The minimum Gasteiger partial charge on any atom is -0.462 e. The number of ether oxygens (including phenoxy) is 2. The largest absolute Gasteiger partial charge is 0.462 e. The van der Waals surface area contributed by atoms with E-state index in [0.717, 1.165) is 0 Å². The summed E-state index contributed by atoms with van der Waals surface area (Å²) >= 11 is 11.9. The van der Waals surface area contributed by atoms with Gasteiger partial charge in [0.05, 0.1) is 28.9 Å².